The van der Waals surface area contributed by atoms with Crippen molar-refractivity contribution < 1.29 is 9.53 Å². The summed E-state index contributed by atoms with van der Waals surface area (Å²) in [5.41, 5.74) is 3.65. The SMILES string of the molecule is COC(=O)[C@@H](C[Si])Cc1c[nH]c2c(C(C)C)cccc12. The van der Waals surface area contributed by atoms with Gasteiger partial charge in [0.25, 0.3) is 0 Å². The summed E-state index contributed by atoms with van der Waals surface area (Å²) in [6.45, 7) is 4.37. The molecule has 1 aromatic carbocycles. The molecule has 2 rings (SSSR count). The highest BCUT2D eigenvalue weighted by atomic mass is 28.1. The third-order valence-electron chi connectivity index (χ3n) is 3.70. The second kappa shape index (κ2) is 6.26. The molecule has 3 nitrogen and oxygen atoms in total. The predicted molar refractivity (Wildman–Crippen MR) is 82.2 cm³/mol. The van der Waals surface area contributed by atoms with Gasteiger partial charge in [0.15, 0.2) is 0 Å². The molecule has 1 heterocycles. The van der Waals surface area contributed by atoms with Gasteiger partial charge in [-0.1, -0.05) is 38.1 Å². The molecule has 20 heavy (non-hydrogen) atoms. The van der Waals surface area contributed by atoms with Gasteiger partial charge in [-0.2, -0.15) is 0 Å². The van der Waals surface area contributed by atoms with Crippen LogP contribution in [-0.4, -0.2) is 28.3 Å². The van der Waals surface area contributed by atoms with Crippen LogP contribution in [0, 0.1) is 5.92 Å². The number of methoxy groups -OCH3 is 1. The lowest BCUT2D eigenvalue weighted by molar-refractivity contribution is -0.144. The number of carbonyl (C=O) groups is 1. The third kappa shape index (κ3) is 2.80. The zero-order valence-corrected chi connectivity index (χ0v) is 13.2. The number of hydrogen-bond donors (Lipinski definition) is 1. The number of aromatic nitrogens is 1. The Hall–Kier alpha value is -1.55. The van der Waals surface area contributed by atoms with Crippen molar-refractivity contribution in [3.05, 3.63) is 35.5 Å². The van der Waals surface area contributed by atoms with E-state index in [1.807, 2.05) is 6.20 Å². The van der Waals surface area contributed by atoms with Gasteiger partial charge in [0.1, 0.15) is 0 Å². The average Bonchev–Trinajstić information content (AvgIpc) is 2.86. The summed E-state index contributed by atoms with van der Waals surface area (Å²) in [5.74, 6) is 0.144. The molecule has 2 aromatic rings. The first-order chi connectivity index (χ1) is 9.58. The molecular formula is C16H20NO2Si. The number of fused-ring (bicyclic) bond motifs is 1. The molecule has 1 aromatic heterocycles. The summed E-state index contributed by atoms with van der Waals surface area (Å²) in [5, 5.41) is 1.20. The second-order valence-corrected chi connectivity index (χ2v) is 5.77. The molecule has 0 saturated heterocycles. The van der Waals surface area contributed by atoms with Gasteiger partial charge in [0.05, 0.1) is 13.0 Å². The Morgan fingerprint density at radius 3 is 2.75 bits per heavy atom. The van der Waals surface area contributed by atoms with E-state index in [-0.39, 0.29) is 11.9 Å². The molecular weight excluding hydrogens is 266 g/mol. The molecule has 0 bridgehead atoms. The van der Waals surface area contributed by atoms with E-state index in [1.165, 1.54) is 23.6 Å². The first kappa shape index (κ1) is 14.8. The molecule has 0 fully saturated rings. The Kier molecular flexibility index (Phi) is 4.65. The monoisotopic (exact) mass is 286 g/mol. The van der Waals surface area contributed by atoms with Crippen LogP contribution in [0.3, 0.4) is 0 Å². The van der Waals surface area contributed by atoms with Gasteiger partial charge >= 0.3 is 5.97 Å². The lowest BCUT2D eigenvalue weighted by Crippen LogP contribution is -2.18. The lowest BCUT2D eigenvalue weighted by atomic mass is 9.96. The number of nitrogens with one attached hydrogen (secondary N) is 1. The van der Waals surface area contributed by atoms with Gasteiger partial charge in [-0.05, 0) is 23.5 Å². The summed E-state index contributed by atoms with van der Waals surface area (Å²) in [6, 6.07) is 6.93. The number of rotatable bonds is 5. The second-order valence-electron chi connectivity index (χ2n) is 5.37. The Morgan fingerprint density at radius 1 is 1.40 bits per heavy atom. The molecule has 0 aliphatic rings. The Labute approximate surface area is 123 Å². The summed E-state index contributed by atoms with van der Waals surface area (Å²) >= 11 is 0. The predicted octanol–water partition coefficient (Wildman–Crippen LogP) is 3.21. The fraction of sp³-hybridized carbons (Fsp3) is 0.438. The maximum atomic E-state index is 11.7. The number of H-pyrrole nitrogens is 1. The van der Waals surface area contributed by atoms with Crippen molar-refractivity contribution in [2.75, 3.05) is 7.11 Å². The quantitative estimate of drug-likeness (QED) is 0.677. The topological polar surface area (TPSA) is 42.1 Å². The maximum absolute atomic E-state index is 11.7. The zero-order chi connectivity index (χ0) is 14.7. The minimum atomic E-state index is -0.172. The molecule has 0 saturated carbocycles. The number of para-hydroxylation sites is 1. The highest BCUT2D eigenvalue weighted by Gasteiger charge is 2.19. The molecule has 0 amide bonds. The standard InChI is InChI=1S/C16H20NO2Si/c1-10(2)13-5-4-6-14-11(8-17-15(13)14)7-12(9-20)16(18)19-3/h4-6,8,10,12,17H,7,9H2,1-3H3/t12-/m1/s1. The summed E-state index contributed by atoms with van der Waals surface area (Å²) in [7, 11) is 4.88. The third-order valence-corrected chi connectivity index (χ3v) is 4.20. The van der Waals surface area contributed by atoms with Crippen molar-refractivity contribution in [3.63, 3.8) is 0 Å². The molecule has 0 aliphatic heterocycles. The van der Waals surface area contributed by atoms with Crippen LogP contribution in [-0.2, 0) is 16.0 Å². The van der Waals surface area contributed by atoms with Gasteiger partial charge in [-0.3, -0.25) is 4.79 Å². The van der Waals surface area contributed by atoms with E-state index < -0.39 is 0 Å². The molecule has 0 aliphatic carbocycles. The number of ether oxygens (including phenoxy) is 1. The summed E-state index contributed by atoms with van der Waals surface area (Å²) in [4.78, 5) is 15.1. The molecule has 3 radical (unpaired) electrons. The fourth-order valence-corrected chi connectivity index (χ4v) is 2.87. The normalized spacial score (nSPS) is 12.8. The minimum absolute atomic E-state index is 0.154. The van der Waals surface area contributed by atoms with Crippen LogP contribution in [0.15, 0.2) is 24.4 Å². The fourth-order valence-electron chi connectivity index (χ4n) is 2.56. The van der Waals surface area contributed by atoms with Crippen LogP contribution in [0.1, 0.15) is 30.9 Å². The van der Waals surface area contributed by atoms with Crippen molar-refractivity contribution in [1.29, 1.82) is 0 Å². The van der Waals surface area contributed by atoms with Crippen LogP contribution in [0.2, 0.25) is 6.04 Å². The summed E-state index contributed by atoms with van der Waals surface area (Å²) < 4.78 is 4.85. The number of carbonyl (C=O) groups excluding carboxylic acids is 1. The van der Waals surface area contributed by atoms with Crippen LogP contribution in [0.5, 0.6) is 0 Å². The smallest absolute Gasteiger partial charge is 0.308 e. The van der Waals surface area contributed by atoms with Crippen LogP contribution in [0.4, 0.5) is 0 Å². The van der Waals surface area contributed by atoms with Crippen LogP contribution < -0.4 is 0 Å². The van der Waals surface area contributed by atoms with E-state index in [2.05, 4.69) is 47.3 Å². The van der Waals surface area contributed by atoms with Gasteiger partial charge < -0.3 is 9.72 Å². The van der Waals surface area contributed by atoms with Gasteiger partial charge in [0, 0.05) is 27.3 Å². The largest absolute Gasteiger partial charge is 0.469 e. The van der Waals surface area contributed by atoms with E-state index in [9.17, 15) is 4.79 Å². The lowest BCUT2D eigenvalue weighted by Gasteiger charge is -2.12. The number of aromatic amines is 1. The first-order valence-electron chi connectivity index (χ1n) is 6.89. The van der Waals surface area contributed by atoms with Gasteiger partial charge in [-0.15, -0.1) is 0 Å². The average molecular weight is 286 g/mol. The Balaban J connectivity index is 2.36. The van der Waals surface area contributed by atoms with Crippen molar-refractivity contribution in [3.8, 4) is 0 Å². The molecule has 0 spiro atoms. The van der Waals surface area contributed by atoms with Crippen molar-refractivity contribution >= 4 is 27.1 Å². The van der Waals surface area contributed by atoms with E-state index in [0.29, 0.717) is 18.4 Å². The Bertz CT molecular complexity index is 604. The van der Waals surface area contributed by atoms with E-state index in [1.54, 1.807) is 0 Å². The van der Waals surface area contributed by atoms with E-state index in [0.717, 1.165) is 5.56 Å². The Morgan fingerprint density at radius 2 is 2.15 bits per heavy atom. The number of esters is 1. The number of benzene rings is 1. The van der Waals surface area contributed by atoms with E-state index in [4.69, 9.17) is 4.74 Å². The highest BCUT2D eigenvalue weighted by molar-refractivity contribution is 6.10. The molecule has 1 N–H and O–H groups in total. The molecule has 105 valence electrons. The van der Waals surface area contributed by atoms with Gasteiger partial charge in [-0.25, -0.2) is 0 Å². The minimum Gasteiger partial charge on any atom is -0.469 e. The van der Waals surface area contributed by atoms with Crippen LogP contribution in [0.25, 0.3) is 10.9 Å². The van der Waals surface area contributed by atoms with E-state index >= 15 is 0 Å². The first-order valence-corrected chi connectivity index (χ1v) is 7.60. The highest BCUT2D eigenvalue weighted by Crippen LogP contribution is 2.28. The molecule has 1 atom stereocenters. The van der Waals surface area contributed by atoms with Crippen LogP contribution >= 0.6 is 0 Å². The maximum Gasteiger partial charge on any atom is 0.308 e. The van der Waals surface area contributed by atoms with Crippen molar-refractivity contribution in [2.45, 2.75) is 32.2 Å². The summed E-state index contributed by atoms with van der Waals surface area (Å²) in [6.07, 6.45) is 2.69. The molecule has 4 heteroatoms. The van der Waals surface area contributed by atoms with Gasteiger partial charge in [0.2, 0.25) is 0 Å². The van der Waals surface area contributed by atoms with Crippen molar-refractivity contribution in [1.82, 2.24) is 4.98 Å². The number of hydrogen-bond acceptors (Lipinski definition) is 2. The van der Waals surface area contributed by atoms with Crippen molar-refractivity contribution in [2.24, 2.45) is 5.92 Å². The molecule has 0 unspecified atom stereocenters. The zero-order valence-electron chi connectivity index (χ0n) is 12.2.